The zero-order valence-corrected chi connectivity index (χ0v) is 10.4. The smallest absolute Gasteiger partial charge is 0.149 e. The fourth-order valence-electron chi connectivity index (χ4n) is 1.43. The molecule has 0 unspecified atom stereocenters. The zero-order chi connectivity index (χ0) is 11.5. The van der Waals surface area contributed by atoms with Crippen molar-refractivity contribution in [2.75, 3.05) is 5.33 Å². The van der Waals surface area contributed by atoms with Crippen molar-refractivity contribution in [3.8, 4) is 5.69 Å². The highest BCUT2D eigenvalue weighted by atomic mass is 79.9. The quantitative estimate of drug-likeness (QED) is 0.811. The first-order chi connectivity index (χ1) is 7.70. The van der Waals surface area contributed by atoms with Crippen molar-refractivity contribution in [1.29, 1.82) is 0 Å². The minimum absolute atomic E-state index is 0.282. The van der Waals surface area contributed by atoms with E-state index in [1.807, 2.05) is 13.0 Å². The molecule has 84 valence electrons. The maximum absolute atomic E-state index is 13.6. The summed E-state index contributed by atoms with van der Waals surface area (Å²) < 4.78 is 15.1. The van der Waals surface area contributed by atoms with Gasteiger partial charge < -0.3 is 0 Å². The number of halogens is 2. The van der Waals surface area contributed by atoms with Gasteiger partial charge in [0.05, 0.1) is 11.9 Å². The molecular weight excluding hydrogens is 273 g/mol. The first-order valence-electron chi connectivity index (χ1n) is 4.94. The Kier molecular flexibility index (Phi) is 3.33. The van der Waals surface area contributed by atoms with Crippen LogP contribution in [0.15, 0.2) is 24.4 Å². The van der Waals surface area contributed by atoms with Crippen LogP contribution >= 0.6 is 15.9 Å². The summed E-state index contributed by atoms with van der Waals surface area (Å²) in [7, 11) is 0. The van der Waals surface area contributed by atoms with E-state index in [2.05, 4.69) is 26.2 Å². The first kappa shape index (κ1) is 11.3. The van der Waals surface area contributed by atoms with Crippen LogP contribution in [0, 0.1) is 12.7 Å². The Morgan fingerprint density at radius 3 is 2.94 bits per heavy atom. The minimum atomic E-state index is -0.282. The minimum Gasteiger partial charge on any atom is -0.217 e. The van der Waals surface area contributed by atoms with Crippen molar-refractivity contribution < 1.29 is 4.39 Å². The zero-order valence-electron chi connectivity index (χ0n) is 8.82. The van der Waals surface area contributed by atoms with E-state index in [4.69, 9.17) is 0 Å². The van der Waals surface area contributed by atoms with Crippen LogP contribution in [0.25, 0.3) is 5.69 Å². The van der Waals surface area contributed by atoms with Gasteiger partial charge in [-0.1, -0.05) is 27.2 Å². The Hall–Kier alpha value is -1.23. The van der Waals surface area contributed by atoms with E-state index in [-0.39, 0.29) is 5.82 Å². The van der Waals surface area contributed by atoms with E-state index in [1.54, 1.807) is 12.3 Å². The third-order valence-corrected chi connectivity index (χ3v) is 2.64. The van der Waals surface area contributed by atoms with E-state index in [9.17, 15) is 4.39 Å². The summed E-state index contributed by atoms with van der Waals surface area (Å²) in [4.78, 5) is 0. The van der Waals surface area contributed by atoms with Crippen molar-refractivity contribution in [2.24, 2.45) is 0 Å². The Labute approximate surface area is 101 Å². The number of aryl methyl sites for hydroxylation is 2. The summed E-state index contributed by atoms with van der Waals surface area (Å²) in [6.07, 6.45) is 2.53. The van der Waals surface area contributed by atoms with Crippen molar-refractivity contribution >= 4 is 15.9 Å². The molecule has 16 heavy (non-hydrogen) atoms. The van der Waals surface area contributed by atoms with Gasteiger partial charge in [0, 0.05) is 11.8 Å². The maximum Gasteiger partial charge on any atom is 0.149 e. The molecule has 1 heterocycles. The van der Waals surface area contributed by atoms with Crippen molar-refractivity contribution in [1.82, 2.24) is 15.0 Å². The molecule has 0 fully saturated rings. The summed E-state index contributed by atoms with van der Waals surface area (Å²) >= 11 is 3.32. The van der Waals surface area contributed by atoms with Crippen molar-refractivity contribution in [3.05, 3.63) is 41.5 Å². The molecule has 0 atom stereocenters. The van der Waals surface area contributed by atoms with Gasteiger partial charge in [0.1, 0.15) is 11.5 Å². The van der Waals surface area contributed by atoms with Gasteiger partial charge in [-0.05, 0) is 24.6 Å². The lowest BCUT2D eigenvalue weighted by Crippen LogP contribution is -1.98. The average molecular weight is 284 g/mol. The number of rotatable bonds is 3. The molecule has 0 aliphatic heterocycles. The summed E-state index contributed by atoms with van der Waals surface area (Å²) in [6.45, 7) is 1.85. The summed E-state index contributed by atoms with van der Waals surface area (Å²) in [6, 6.07) is 5.04. The topological polar surface area (TPSA) is 30.7 Å². The Balaban J connectivity index is 2.35. The van der Waals surface area contributed by atoms with Crippen molar-refractivity contribution in [2.45, 2.75) is 13.3 Å². The molecule has 5 heteroatoms. The Bertz CT molecular complexity index is 496. The summed E-state index contributed by atoms with van der Waals surface area (Å²) in [5.74, 6) is -0.282. The molecular formula is C11H11BrFN3. The third-order valence-electron chi connectivity index (χ3n) is 2.24. The second kappa shape index (κ2) is 4.74. The third kappa shape index (κ3) is 2.29. The highest BCUT2D eigenvalue weighted by Gasteiger charge is 2.07. The monoisotopic (exact) mass is 283 g/mol. The molecule has 0 amide bonds. The number of aromatic nitrogens is 3. The molecule has 0 bridgehead atoms. The highest BCUT2D eigenvalue weighted by Crippen LogP contribution is 2.14. The number of hydrogen-bond acceptors (Lipinski definition) is 2. The second-order valence-electron chi connectivity index (χ2n) is 3.55. The summed E-state index contributed by atoms with van der Waals surface area (Å²) in [5.41, 5.74) is 2.16. The fraction of sp³-hybridized carbons (Fsp3) is 0.273. The van der Waals surface area contributed by atoms with Gasteiger partial charge in [0.2, 0.25) is 0 Å². The number of alkyl halides is 1. The lowest BCUT2D eigenvalue weighted by molar-refractivity contribution is 0.606. The van der Waals surface area contributed by atoms with Crippen molar-refractivity contribution in [3.63, 3.8) is 0 Å². The van der Waals surface area contributed by atoms with Crippen LogP contribution in [0.3, 0.4) is 0 Å². The van der Waals surface area contributed by atoms with Gasteiger partial charge >= 0.3 is 0 Å². The molecule has 1 aromatic heterocycles. The molecule has 0 aliphatic carbocycles. The van der Waals surface area contributed by atoms with Gasteiger partial charge in [0.15, 0.2) is 0 Å². The standard InChI is InChI=1S/C11H11BrFN3/c1-8-2-3-11(10(13)6-8)16-7-9(4-5-12)14-15-16/h2-3,6-7H,4-5H2,1H3. The Morgan fingerprint density at radius 1 is 1.44 bits per heavy atom. The van der Waals surface area contributed by atoms with Crippen LogP contribution in [0.1, 0.15) is 11.3 Å². The fourth-order valence-corrected chi connectivity index (χ4v) is 1.83. The molecule has 0 spiro atoms. The molecule has 0 saturated heterocycles. The molecule has 3 nitrogen and oxygen atoms in total. The van der Waals surface area contributed by atoms with Gasteiger partial charge in [-0.3, -0.25) is 0 Å². The molecule has 0 aliphatic rings. The van der Waals surface area contributed by atoms with Crippen LogP contribution in [0.4, 0.5) is 4.39 Å². The van der Waals surface area contributed by atoms with Gasteiger partial charge in [0.25, 0.3) is 0 Å². The van der Waals surface area contributed by atoms with Gasteiger partial charge in [-0.25, -0.2) is 9.07 Å². The predicted octanol–water partition coefficient (Wildman–Crippen LogP) is 2.65. The van der Waals surface area contributed by atoms with E-state index in [0.29, 0.717) is 5.69 Å². The van der Waals surface area contributed by atoms with E-state index in [1.165, 1.54) is 10.7 Å². The van der Waals surface area contributed by atoms with Crippen LogP contribution in [-0.2, 0) is 6.42 Å². The highest BCUT2D eigenvalue weighted by molar-refractivity contribution is 9.09. The number of hydrogen-bond donors (Lipinski definition) is 0. The largest absolute Gasteiger partial charge is 0.217 e. The van der Waals surface area contributed by atoms with Gasteiger partial charge in [-0.2, -0.15) is 0 Å². The SMILES string of the molecule is Cc1ccc(-n2cc(CCBr)nn2)c(F)c1. The lowest BCUT2D eigenvalue weighted by atomic mass is 10.2. The Morgan fingerprint density at radius 2 is 2.25 bits per heavy atom. The van der Waals surface area contributed by atoms with Crippen LogP contribution in [0.2, 0.25) is 0 Å². The first-order valence-corrected chi connectivity index (χ1v) is 6.06. The van der Waals surface area contributed by atoms with Crippen LogP contribution in [-0.4, -0.2) is 20.3 Å². The van der Waals surface area contributed by atoms with E-state index in [0.717, 1.165) is 23.0 Å². The van der Waals surface area contributed by atoms with Crippen LogP contribution < -0.4 is 0 Å². The predicted molar refractivity (Wildman–Crippen MR) is 63.6 cm³/mol. The maximum atomic E-state index is 13.6. The molecule has 1 aromatic carbocycles. The molecule has 0 N–H and O–H groups in total. The molecule has 2 aromatic rings. The normalized spacial score (nSPS) is 10.7. The number of benzene rings is 1. The molecule has 2 rings (SSSR count). The number of nitrogens with zero attached hydrogens (tertiary/aromatic N) is 3. The lowest BCUT2D eigenvalue weighted by Gasteiger charge is -2.02. The summed E-state index contributed by atoms with van der Waals surface area (Å²) in [5, 5.41) is 8.69. The molecule has 0 saturated carbocycles. The second-order valence-corrected chi connectivity index (χ2v) is 4.34. The van der Waals surface area contributed by atoms with Gasteiger partial charge in [-0.15, -0.1) is 5.10 Å². The average Bonchev–Trinajstić information content (AvgIpc) is 2.67. The van der Waals surface area contributed by atoms with E-state index >= 15 is 0 Å². The van der Waals surface area contributed by atoms with Crippen LogP contribution in [0.5, 0.6) is 0 Å². The van der Waals surface area contributed by atoms with E-state index < -0.39 is 0 Å². The molecule has 0 radical (unpaired) electrons.